The maximum atomic E-state index is 12.7. The molecule has 1 N–H and O–H groups in total. The van der Waals surface area contributed by atoms with Crippen LogP contribution < -0.4 is 5.32 Å². The number of nitrogens with zero attached hydrogens (tertiary/aromatic N) is 1. The SMILES string of the molecule is C/C(C(=O)c1ccccc1)=C(\NC(C)(C)C)c1ccccn1. The van der Waals surface area contributed by atoms with Crippen LogP contribution in [-0.2, 0) is 0 Å². The Balaban J connectivity index is 2.49. The van der Waals surface area contributed by atoms with Gasteiger partial charge in [0.2, 0.25) is 0 Å². The van der Waals surface area contributed by atoms with Crippen molar-refractivity contribution < 1.29 is 4.79 Å². The lowest BCUT2D eigenvalue weighted by atomic mass is 9.99. The summed E-state index contributed by atoms with van der Waals surface area (Å²) in [5.74, 6) is 0.0120. The zero-order valence-electron chi connectivity index (χ0n) is 13.6. The minimum absolute atomic E-state index is 0.0120. The summed E-state index contributed by atoms with van der Waals surface area (Å²) in [6, 6.07) is 15.0. The number of carbonyl (C=O) groups excluding carboxylic acids is 1. The van der Waals surface area contributed by atoms with Crippen LogP contribution in [0.1, 0.15) is 43.7 Å². The van der Waals surface area contributed by atoms with Gasteiger partial charge in [-0.15, -0.1) is 0 Å². The molecule has 0 amide bonds. The molecule has 1 aromatic heterocycles. The minimum Gasteiger partial charge on any atom is -0.378 e. The number of ketones is 1. The van der Waals surface area contributed by atoms with Gasteiger partial charge in [0.25, 0.3) is 0 Å². The first-order chi connectivity index (χ1) is 10.4. The summed E-state index contributed by atoms with van der Waals surface area (Å²) in [7, 11) is 0. The zero-order chi connectivity index (χ0) is 16.2. The van der Waals surface area contributed by atoms with Crippen molar-refractivity contribution in [3.05, 3.63) is 71.6 Å². The second kappa shape index (κ2) is 6.56. The summed E-state index contributed by atoms with van der Waals surface area (Å²) in [6.07, 6.45) is 1.74. The van der Waals surface area contributed by atoms with Crippen LogP contribution in [0, 0.1) is 0 Å². The number of rotatable bonds is 4. The normalized spacial score (nSPS) is 12.5. The molecule has 2 aromatic rings. The summed E-state index contributed by atoms with van der Waals surface area (Å²) in [5.41, 5.74) is 2.75. The molecule has 3 nitrogen and oxygen atoms in total. The second-order valence-electron chi connectivity index (χ2n) is 6.29. The molecule has 0 aliphatic carbocycles. The zero-order valence-corrected chi connectivity index (χ0v) is 13.6. The summed E-state index contributed by atoms with van der Waals surface area (Å²) >= 11 is 0. The number of hydrogen-bond donors (Lipinski definition) is 1. The van der Waals surface area contributed by atoms with Crippen molar-refractivity contribution in [1.82, 2.24) is 10.3 Å². The Morgan fingerprint density at radius 3 is 2.18 bits per heavy atom. The fraction of sp³-hybridized carbons (Fsp3) is 0.263. The number of Topliss-reactive ketones (excluding diaryl/α,β-unsaturated/α-hetero) is 1. The van der Waals surface area contributed by atoms with Crippen LogP contribution in [-0.4, -0.2) is 16.3 Å². The molecule has 114 valence electrons. The van der Waals surface area contributed by atoms with Gasteiger partial charge < -0.3 is 5.32 Å². The third-order valence-electron chi connectivity index (χ3n) is 3.17. The van der Waals surface area contributed by atoms with E-state index >= 15 is 0 Å². The first-order valence-electron chi connectivity index (χ1n) is 7.39. The third kappa shape index (κ3) is 4.04. The summed E-state index contributed by atoms with van der Waals surface area (Å²) in [6.45, 7) is 8.04. The van der Waals surface area contributed by atoms with Gasteiger partial charge in [-0.3, -0.25) is 9.78 Å². The van der Waals surface area contributed by atoms with Crippen molar-refractivity contribution in [2.45, 2.75) is 33.2 Å². The van der Waals surface area contributed by atoms with E-state index in [0.29, 0.717) is 11.1 Å². The maximum absolute atomic E-state index is 12.7. The fourth-order valence-electron chi connectivity index (χ4n) is 2.16. The third-order valence-corrected chi connectivity index (χ3v) is 3.17. The van der Waals surface area contributed by atoms with Crippen molar-refractivity contribution in [3.8, 4) is 0 Å². The monoisotopic (exact) mass is 294 g/mol. The molecule has 0 unspecified atom stereocenters. The van der Waals surface area contributed by atoms with E-state index in [9.17, 15) is 4.79 Å². The lowest BCUT2D eigenvalue weighted by Crippen LogP contribution is -2.35. The number of benzene rings is 1. The Bertz CT molecular complexity index is 668. The number of carbonyl (C=O) groups is 1. The first kappa shape index (κ1) is 16.0. The number of pyridine rings is 1. The smallest absolute Gasteiger partial charge is 0.190 e. The van der Waals surface area contributed by atoms with Crippen LogP contribution in [0.2, 0.25) is 0 Å². The van der Waals surface area contributed by atoms with Gasteiger partial charge in [0.05, 0.1) is 11.4 Å². The minimum atomic E-state index is -0.162. The fourth-order valence-corrected chi connectivity index (χ4v) is 2.16. The number of hydrogen-bond acceptors (Lipinski definition) is 3. The Labute approximate surface area is 132 Å². The topological polar surface area (TPSA) is 42.0 Å². The first-order valence-corrected chi connectivity index (χ1v) is 7.39. The van der Waals surface area contributed by atoms with Crippen LogP contribution in [0.5, 0.6) is 0 Å². The average molecular weight is 294 g/mol. The molecule has 0 spiro atoms. The van der Waals surface area contributed by atoms with Crippen LogP contribution in [0.15, 0.2) is 60.3 Å². The van der Waals surface area contributed by atoms with Gasteiger partial charge in [0.15, 0.2) is 5.78 Å². The van der Waals surface area contributed by atoms with Gasteiger partial charge in [-0.25, -0.2) is 0 Å². The van der Waals surface area contributed by atoms with Crippen molar-refractivity contribution in [2.24, 2.45) is 0 Å². The lowest BCUT2D eigenvalue weighted by molar-refractivity contribution is 0.103. The Hall–Kier alpha value is -2.42. The lowest BCUT2D eigenvalue weighted by Gasteiger charge is -2.25. The molecule has 2 rings (SSSR count). The molecule has 0 aliphatic heterocycles. The number of aromatic nitrogens is 1. The van der Waals surface area contributed by atoms with E-state index in [4.69, 9.17) is 0 Å². The van der Waals surface area contributed by atoms with E-state index in [1.807, 2.05) is 55.5 Å². The molecule has 0 saturated carbocycles. The molecule has 1 aromatic carbocycles. The molecule has 0 saturated heterocycles. The van der Waals surface area contributed by atoms with Gasteiger partial charge in [-0.1, -0.05) is 36.4 Å². The van der Waals surface area contributed by atoms with Crippen LogP contribution >= 0.6 is 0 Å². The highest BCUT2D eigenvalue weighted by molar-refractivity contribution is 6.12. The van der Waals surface area contributed by atoms with E-state index in [1.54, 1.807) is 6.20 Å². The molecule has 22 heavy (non-hydrogen) atoms. The van der Waals surface area contributed by atoms with E-state index in [1.165, 1.54) is 0 Å². The summed E-state index contributed by atoms with van der Waals surface area (Å²) in [5, 5.41) is 3.42. The predicted octanol–water partition coefficient (Wildman–Crippen LogP) is 4.08. The maximum Gasteiger partial charge on any atom is 0.190 e. The van der Waals surface area contributed by atoms with Crippen LogP contribution in [0.4, 0.5) is 0 Å². The molecule has 0 radical (unpaired) electrons. The van der Waals surface area contributed by atoms with E-state index < -0.39 is 0 Å². The van der Waals surface area contributed by atoms with E-state index in [2.05, 4.69) is 31.1 Å². The molecule has 0 aliphatic rings. The molecular weight excluding hydrogens is 272 g/mol. The standard InChI is InChI=1S/C19H22N2O/c1-14(18(22)15-10-6-5-7-11-15)17(21-19(2,3)4)16-12-8-9-13-20-16/h5-13,21H,1-4H3/b17-14+. The molecule has 3 heteroatoms. The summed E-state index contributed by atoms with van der Waals surface area (Å²) in [4.78, 5) is 17.1. The Morgan fingerprint density at radius 1 is 1.00 bits per heavy atom. The van der Waals surface area contributed by atoms with Gasteiger partial charge in [-0.05, 0) is 39.8 Å². The molecule has 0 fully saturated rings. The highest BCUT2D eigenvalue weighted by atomic mass is 16.1. The van der Waals surface area contributed by atoms with Crippen LogP contribution in [0.25, 0.3) is 5.70 Å². The highest BCUT2D eigenvalue weighted by Crippen LogP contribution is 2.20. The molecule has 0 atom stereocenters. The number of nitrogens with one attached hydrogen (secondary N) is 1. The Morgan fingerprint density at radius 2 is 1.64 bits per heavy atom. The Kier molecular flexibility index (Phi) is 4.76. The predicted molar refractivity (Wildman–Crippen MR) is 90.5 cm³/mol. The summed E-state index contributed by atoms with van der Waals surface area (Å²) < 4.78 is 0. The van der Waals surface area contributed by atoms with Crippen molar-refractivity contribution in [3.63, 3.8) is 0 Å². The second-order valence-corrected chi connectivity index (χ2v) is 6.29. The molecule has 0 bridgehead atoms. The van der Waals surface area contributed by atoms with Gasteiger partial charge in [0, 0.05) is 22.9 Å². The largest absolute Gasteiger partial charge is 0.378 e. The van der Waals surface area contributed by atoms with E-state index in [-0.39, 0.29) is 11.3 Å². The van der Waals surface area contributed by atoms with Gasteiger partial charge in [0.1, 0.15) is 0 Å². The van der Waals surface area contributed by atoms with Gasteiger partial charge in [-0.2, -0.15) is 0 Å². The van der Waals surface area contributed by atoms with Gasteiger partial charge >= 0.3 is 0 Å². The molecular formula is C19H22N2O. The number of allylic oxidation sites excluding steroid dienone is 1. The molecule has 1 heterocycles. The van der Waals surface area contributed by atoms with Crippen LogP contribution in [0.3, 0.4) is 0 Å². The van der Waals surface area contributed by atoms with E-state index in [0.717, 1.165) is 11.4 Å². The van der Waals surface area contributed by atoms with Crippen molar-refractivity contribution in [1.29, 1.82) is 0 Å². The van der Waals surface area contributed by atoms with Crippen molar-refractivity contribution in [2.75, 3.05) is 0 Å². The highest BCUT2D eigenvalue weighted by Gasteiger charge is 2.19. The quantitative estimate of drug-likeness (QED) is 0.682. The van der Waals surface area contributed by atoms with Crippen molar-refractivity contribution >= 4 is 11.5 Å². The average Bonchev–Trinajstić information content (AvgIpc) is 2.52.